The van der Waals surface area contributed by atoms with Crippen LogP contribution < -0.4 is 16.6 Å². The maximum atomic E-state index is 5.42. The predicted octanol–water partition coefficient (Wildman–Crippen LogP) is 1.44. The summed E-state index contributed by atoms with van der Waals surface area (Å²) >= 11 is 1.66. The Morgan fingerprint density at radius 2 is 2.11 bits per heavy atom. The van der Waals surface area contributed by atoms with Crippen molar-refractivity contribution in [1.82, 2.24) is 15.0 Å². The summed E-state index contributed by atoms with van der Waals surface area (Å²) in [5, 5.41) is 6.39. The molecule has 0 aromatic carbocycles. The largest absolute Gasteiger partial charge is 0.369 e. The van der Waals surface area contributed by atoms with Gasteiger partial charge in [0.05, 0.1) is 5.01 Å². The second-order valence-electron chi connectivity index (χ2n) is 3.65. The summed E-state index contributed by atoms with van der Waals surface area (Å²) in [7, 11) is 0. The highest BCUT2D eigenvalue weighted by Gasteiger charge is 2.08. The van der Waals surface area contributed by atoms with Crippen LogP contribution in [0.2, 0.25) is 0 Å². The topological polar surface area (TPSA) is 88.8 Å². The standard InChI is InChI=1S/C11H16N6S/c1-2-8-10(15-7-16-11(8)17-12)14-4-3-9-13-5-6-18-9/h5-7H,2-4,12H2,1H3,(H2,14,15,16,17). The van der Waals surface area contributed by atoms with Crippen LogP contribution in [0.5, 0.6) is 0 Å². The van der Waals surface area contributed by atoms with E-state index in [1.807, 2.05) is 18.5 Å². The molecule has 2 rings (SSSR count). The molecule has 0 amide bonds. The molecule has 0 radical (unpaired) electrons. The highest BCUT2D eigenvalue weighted by atomic mass is 32.1. The maximum absolute atomic E-state index is 5.42. The van der Waals surface area contributed by atoms with Crippen molar-refractivity contribution in [3.05, 3.63) is 28.5 Å². The maximum Gasteiger partial charge on any atom is 0.148 e. The van der Waals surface area contributed by atoms with Gasteiger partial charge in [-0.05, 0) is 6.42 Å². The fourth-order valence-corrected chi connectivity index (χ4v) is 2.31. The van der Waals surface area contributed by atoms with Crippen LogP contribution in [0.4, 0.5) is 11.6 Å². The highest BCUT2D eigenvalue weighted by molar-refractivity contribution is 7.09. The Hall–Kier alpha value is -1.73. The number of nitrogens with zero attached hydrogens (tertiary/aromatic N) is 3. The van der Waals surface area contributed by atoms with E-state index in [9.17, 15) is 0 Å². The van der Waals surface area contributed by atoms with E-state index in [1.54, 1.807) is 11.3 Å². The van der Waals surface area contributed by atoms with Gasteiger partial charge in [-0.15, -0.1) is 11.3 Å². The van der Waals surface area contributed by atoms with Gasteiger partial charge in [-0.3, -0.25) is 0 Å². The molecule has 2 aromatic rings. The van der Waals surface area contributed by atoms with Crippen molar-refractivity contribution in [2.24, 2.45) is 5.84 Å². The van der Waals surface area contributed by atoms with E-state index in [-0.39, 0.29) is 0 Å². The minimum Gasteiger partial charge on any atom is -0.369 e. The van der Waals surface area contributed by atoms with Crippen LogP contribution in [0.3, 0.4) is 0 Å². The first-order valence-corrected chi connectivity index (χ1v) is 6.65. The fraction of sp³-hybridized carbons (Fsp3) is 0.364. The van der Waals surface area contributed by atoms with Crippen LogP contribution in [0.1, 0.15) is 17.5 Å². The van der Waals surface area contributed by atoms with Crippen molar-refractivity contribution in [2.75, 3.05) is 17.3 Å². The zero-order valence-electron chi connectivity index (χ0n) is 10.2. The molecule has 2 heterocycles. The molecule has 0 saturated heterocycles. The van der Waals surface area contributed by atoms with Crippen molar-refractivity contribution in [3.63, 3.8) is 0 Å². The number of hydrogen-bond donors (Lipinski definition) is 3. The Labute approximate surface area is 110 Å². The second-order valence-corrected chi connectivity index (χ2v) is 4.63. The molecule has 7 heteroatoms. The number of anilines is 2. The molecule has 0 fully saturated rings. The molecule has 0 atom stereocenters. The zero-order chi connectivity index (χ0) is 12.8. The molecule has 0 spiro atoms. The van der Waals surface area contributed by atoms with E-state index in [4.69, 9.17) is 5.84 Å². The number of nitrogens with one attached hydrogen (secondary N) is 2. The van der Waals surface area contributed by atoms with E-state index >= 15 is 0 Å². The molecule has 2 aromatic heterocycles. The molecule has 0 bridgehead atoms. The normalized spacial score (nSPS) is 10.3. The van der Waals surface area contributed by atoms with Crippen molar-refractivity contribution in [1.29, 1.82) is 0 Å². The smallest absolute Gasteiger partial charge is 0.148 e. The van der Waals surface area contributed by atoms with E-state index in [2.05, 4.69) is 25.7 Å². The van der Waals surface area contributed by atoms with E-state index < -0.39 is 0 Å². The molecule has 0 saturated carbocycles. The van der Waals surface area contributed by atoms with Gasteiger partial charge in [0, 0.05) is 30.1 Å². The Kier molecular flexibility index (Phi) is 4.43. The fourth-order valence-electron chi connectivity index (χ4n) is 1.69. The quantitative estimate of drug-likeness (QED) is 0.540. The van der Waals surface area contributed by atoms with Crippen LogP contribution in [-0.4, -0.2) is 21.5 Å². The van der Waals surface area contributed by atoms with Gasteiger partial charge in [0.25, 0.3) is 0 Å². The monoisotopic (exact) mass is 264 g/mol. The molecule has 4 N–H and O–H groups in total. The SMILES string of the molecule is CCc1c(NN)ncnc1NCCc1nccs1. The third-order valence-electron chi connectivity index (χ3n) is 2.55. The van der Waals surface area contributed by atoms with Crippen LogP contribution >= 0.6 is 11.3 Å². The first-order chi connectivity index (χ1) is 8.85. The first kappa shape index (κ1) is 12.7. The average molecular weight is 264 g/mol. The predicted molar refractivity (Wildman–Crippen MR) is 73.5 cm³/mol. The van der Waals surface area contributed by atoms with Gasteiger partial charge in [0.1, 0.15) is 18.0 Å². The molecule has 6 nitrogen and oxygen atoms in total. The van der Waals surface area contributed by atoms with Gasteiger partial charge in [-0.2, -0.15) is 0 Å². The zero-order valence-corrected chi connectivity index (χ0v) is 11.0. The summed E-state index contributed by atoms with van der Waals surface area (Å²) in [6.07, 6.45) is 5.02. The second kappa shape index (κ2) is 6.27. The van der Waals surface area contributed by atoms with Gasteiger partial charge in [0.15, 0.2) is 0 Å². The van der Waals surface area contributed by atoms with Crippen molar-refractivity contribution in [3.8, 4) is 0 Å². The molecule has 0 aliphatic heterocycles. The Morgan fingerprint density at radius 1 is 1.28 bits per heavy atom. The van der Waals surface area contributed by atoms with Gasteiger partial charge in [-0.1, -0.05) is 6.92 Å². The molecule has 0 aliphatic rings. The van der Waals surface area contributed by atoms with Crippen LogP contribution in [0.15, 0.2) is 17.9 Å². The lowest BCUT2D eigenvalue weighted by atomic mass is 10.2. The molecule has 96 valence electrons. The van der Waals surface area contributed by atoms with Gasteiger partial charge < -0.3 is 10.7 Å². The van der Waals surface area contributed by atoms with Gasteiger partial charge >= 0.3 is 0 Å². The number of hydrazine groups is 1. The summed E-state index contributed by atoms with van der Waals surface area (Å²) in [4.78, 5) is 12.6. The van der Waals surface area contributed by atoms with Crippen LogP contribution in [0.25, 0.3) is 0 Å². The highest BCUT2D eigenvalue weighted by Crippen LogP contribution is 2.19. The van der Waals surface area contributed by atoms with E-state index in [1.165, 1.54) is 6.33 Å². The average Bonchev–Trinajstić information content (AvgIpc) is 2.91. The summed E-state index contributed by atoms with van der Waals surface area (Å²) in [5.41, 5.74) is 3.59. The van der Waals surface area contributed by atoms with Crippen LogP contribution in [0, 0.1) is 0 Å². The lowest BCUT2D eigenvalue weighted by molar-refractivity contribution is 0.961. The molecule has 18 heavy (non-hydrogen) atoms. The van der Waals surface area contributed by atoms with Crippen molar-refractivity contribution in [2.45, 2.75) is 19.8 Å². The minimum atomic E-state index is 0.671. The summed E-state index contributed by atoms with van der Waals surface area (Å²) in [6, 6.07) is 0. The number of aromatic nitrogens is 3. The van der Waals surface area contributed by atoms with Crippen molar-refractivity contribution >= 4 is 23.0 Å². The molecular weight excluding hydrogens is 248 g/mol. The molecule has 0 aliphatic carbocycles. The first-order valence-electron chi connectivity index (χ1n) is 5.78. The lowest BCUT2D eigenvalue weighted by Gasteiger charge is -2.12. The summed E-state index contributed by atoms with van der Waals surface area (Å²) in [6.45, 7) is 2.84. The lowest BCUT2D eigenvalue weighted by Crippen LogP contribution is -2.15. The Morgan fingerprint density at radius 3 is 2.78 bits per heavy atom. The number of hydrogen-bond acceptors (Lipinski definition) is 7. The number of nitrogens with two attached hydrogens (primary N) is 1. The molecule has 0 unspecified atom stereocenters. The summed E-state index contributed by atoms with van der Waals surface area (Å²) < 4.78 is 0. The third kappa shape index (κ3) is 2.93. The van der Waals surface area contributed by atoms with E-state index in [0.29, 0.717) is 5.82 Å². The molecular formula is C11H16N6S. The van der Waals surface area contributed by atoms with Gasteiger partial charge in [-0.25, -0.2) is 20.8 Å². The number of nitrogen functional groups attached to an aromatic ring is 1. The Bertz CT molecular complexity index is 484. The van der Waals surface area contributed by atoms with E-state index in [0.717, 1.165) is 35.8 Å². The number of thiazole rings is 1. The third-order valence-corrected chi connectivity index (χ3v) is 3.39. The summed E-state index contributed by atoms with van der Waals surface area (Å²) in [5.74, 6) is 6.93. The Balaban J connectivity index is 2.00. The van der Waals surface area contributed by atoms with Gasteiger partial charge in [0.2, 0.25) is 0 Å². The van der Waals surface area contributed by atoms with Crippen molar-refractivity contribution < 1.29 is 0 Å². The number of rotatable bonds is 6. The minimum absolute atomic E-state index is 0.671. The van der Waals surface area contributed by atoms with Crippen LogP contribution in [-0.2, 0) is 12.8 Å².